The Hall–Kier alpha value is -3.14. The normalized spacial score (nSPS) is 11.0. The van der Waals surface area contributed by atoms with Crippen LogP contribution < -0.4 is 14.6 Å². The second-order valence-electron chi connectivity index (χ2n) is 5.84. The van der Waals surface area contributed by atoms with Crippen molar-refractivity contribution in [1.29, 1.82) is 0 Å². The molecule has 1 amide bonds. The lowest BCUT2D eigenvalue weighted by molar-refractivity contribution is -0.644. The second kappa shape index (κ2) is 7.62. The first kappa shape index (κ1) is 16.7. The number of pyridine rings is 1. The molecule has 0 saturated heterocycles. The SMILES string of the molecule is COc1ccc(CNC(=O)C=Cc2ccc3c(ccc[n+]3C)c2)cc1. The smallest absolute Gasteiger partial charge is 0.244 e. The van der Waals surface area contributed by atoms with Crippen LogP contribution in [0.15, 0.2) is 66.9 Å². The molecule has 0 aliphatic carbocycles. The first-order valence-electron chi connectivity index (χ1n) is 8.13. The Balaban J connectivity index is 1.62. The molecule has 0 radical (unpaired) electrons. The average Bonchev–Trinajstić information content (AvgIpc) is 2.65. The summed E-state index contributed by atoms with van der Waals surface area (Å²) in [5, 5.41) is 4.03. The van der Waals surface area contributed by atoms with Gasteiger partial charge in [-0.1, -0.05) is 12.1 Å². The first-order valence-corrected chi connectivity index (χ1v) is 8.13. The summed E-state index contributed by atoms with van der Waals surface area (Å²) < 4.78 is 7.19. The molecule has 0 atom stereocenters. The summed E-state index contributed by atoms with van der Waals surface area (Å²) >= 11 is 0. The van der Waals surface area contributed by atoms with Gasteiger partial charge in [-0.15, -0.1) is 0 Å². The minimum Gasteiger partial charge on any atom is -0.497 e. The molecule has 0 unspecified atom stereocenters. The fraction of sp³-hybridized carbons (Fsp3) is 0.143. The number of benzene rings is 2. The van der Waals surface area contributed by atoms with Crippen molar-refractivity contribution in [2.75, 3.05) is 7.11 Å². The molecule has 1 aromatic heterocycles. The quantitative estimate of drug-likeness (QED) is 0.576. The van der Waals surface area contributed by atoms with Crippen molar-refractivity contribution in [2.24, 2.45) is 7.05 Å². The lowest BCUT2D eigenvalue weighted by Crippen LogP contribution is -2.27. The lowest BCUT2D eigenvalue weighted by atomic mass is 10.1. The van der Waals surface area contributed by atoms with E-state index in [1.165, 1.54) is 0 Å². The van der Waals surface area contributed by atoms with Gasteiger partial charge in [-0.2, -0.15) is 0 Å². The predicted octanol–water partition coefficient (Wildman–Crippen LogP) is 3.00. The van der Waals surface area contributed by atoms with Crippen molar-refractivity contribution in [3.05, 3.63) is 78.0 Å². The fourth-order valence-electron chi connectivity index (χ4n) is 2.65. The van der Waals surface area contributed by atoms with Crippen molar-refractivity contribution in [3.8, 4) is 5.75 Å². The number of carbonyl (C=O) groups excluding carboxylic acids is 1. The van der Waals surface area contributed by atoms with Gasteiger partial charge in [-0.05, 0) is 47.5 Å². The van der Waals surface area contributed by atoms with Crippen LogP contribution in [-0.4, -0.2) is 13.0 Å². The molecule has 0 fully saturated rings. The van der Waals surface area contributed by atoms with Crippen molar-refractivity contribution >= 4 is 22.9 Å². The minimum atomic E-state index is -0.116. The largest absolute Gasteiger partial charge is 0.497 e. The maximum Gasteiger partial charge on any atom is 0.244 e. The lowest BCUT2D eigenvalue weighted by Gasteiger charge is -2.04. The number of hydrogen-bond donors (Lipinski definition) is 1. The molecule has 3 aromatic rings. The predicted molar refractivity (Wildman–Crippen MR) is 99.0 cm³/mol. The van der Waals surface area contributed by atoms with Gasteiger partial charge in [0.05, 0.1) is 7.11 Å². The summed E-state index contributed by atoms with van der Waals surface area (Å²) in [5.41, 5.74) is 3.18. The van der Waals surface area contributed by atoms with Gasteiger partial charge in [0, 0.05) is 30.1 Å². The highest BCUT2D eigenvalue weighted by atomic mass is 16.5. The van der Waals surface area contributed by atoms with E-state index in [9.17, 15) is 4.79 Å². The molecular weight excluding hydrogens is 312 g/mol. The van der Waals surface area contributed by atoms with E-state index in [1.54, 1.807) is 13.2 Å². The van der Waals surface area contributed by atoms with Crippen molar-refractivity contribution < 1.29 is 14.1 Å². The van der Waals surface area contributed by atoms with E-state index in [-0.39, 0.29) is 5.91 Å². The Morgan fingerprint density at radius 1 is 1.16 bits per heavy atom. The molecule has 2 aromatic carbocycles. The summed E-state index contributed by atoms with van der Waals surface area (Å²) in [5.74, 6) is 0.689. The van der Waals surface area contributed by atoms with Gasteiger partial charge >= 0.3 is 0 Å². The van der Waals surface area contributed by atoms with E-state index in [0.29, 0.717) is 6.54 Å². The Labute approximate surface area is 147 Å². The zero-order chi connectivity index (χ0) is 17.6. The molecular formula is C21H21N2O2+. The van der Waals surface area contributed by atoms with Crippen molar-refractivity contribution in [3.63, 3.8) is 0 Å². The van der Waals surface area contributed by atoms with Gasteiger partial charge in [-0.3, -0.25) is 4.79 Å². The molecule has 4 heteroatoms. The molecule has 1 heterocycles. The summed E-state index contributed by atoms with van der Waals surface area (Å²) in [7, 11) is 3.65. The van der Waals surface area contributed by atoms with Crippen LogP contribution in [0, 0.1) is 0 Å². The van der Waals surface area contributed by atoms with Crippen LogP contribution in [0.25, 0.3) is 17.0 Å². The number of nitrogens with one attached hydrogen (secondary N) is 1. The Morgan fingerprint density at radius 3 is 2.72 bits per heavy atom. The van der Waals surface area contributed by atoms with Crippen LogP contribution in [0.4, 0.5) is 0 Å². The number of ether oxygens (including phenoxy) is 1. The van der Waals surface area contributed by atoms with Crippen LogP contribution in [0.3, 0.4) is 0 Å². The van der Waals surface area contributed by atoms with Gasteiger partial charge in [0.25, 0.3) is 0 Å². The standard InChI is InChI=1S/C21H20N2O2/c1-23-13-3-4-18-14-16(7-11-20(18)23)8-12-21(24)22-15-17-5-9-19(25-2)10-6-17/h3-14H,15H2,1-2H3/p+1. The van der Waals surface area contributed by atoms with E-state index in [2.05, 4.69) is 28.1 Å². The van der Waals surface area contributed by atoms with Crippen LogP contribution in [0.1, 0.15) is 11.1 Å². The highest BCUT2D eigenvalue weighted by Gasteiger charge is 2.03. The zero-order valence-corrected chi connectivity index (χ0v) is 14.4. The fourth-order valence-corrected chi connectivity index (χ4v) is 2.65. The van der Waals surface area contributed by atoms with Crippen molar-refractivity contribution in [2.45, 2.75) is 6.54 Å². The number of aromatic nitrogens is 1. The average molecular weight is 333 g/mol. The van der Waals surface area contributed by atoms with E-state index >= 15 is 0 Å². The third-order valence-electron chi connectivity index (χ3n) is 4.07. The molecule has 0 spiro atoms. The number of hydrogen-bond acceptors (Lipinski definition) is 2. The Morgan fingerprint density at radius 2 is 1.96 bits per heavy atom. The molecule has 0 bridgehead atoms. The Bertz CT molecular complexity index is 915. The van der Waals surface area contributed by atoms with Gasteiger partial charge in [0.1, 0.15) is 12.8 Å². The molecule has 0 saturated carbocycles. The van der Waals surface area contributed by atoms with Crippen LogP contribution in [0.5, 0.6) is 5.75 Å². The molecule has 0 aliphatic rings. The first-order chi connectivity index (χ1) is 12.2. The summed E-state index contributed by atoms with van der Waals surface area (Å²) in [6, 6.07) is 17.9. The van der Waals surface area contributed by atoms with Crippen LogP contribution in [-0.2, 0) is 18.4 Å². The number of fused-ring (bicyclic) bond motifs is 1. The van der Waals surface area contributed by atoms with Gasteiger partial charge in [0.2, 0.25) is 11.4 Å². The maximum absolute atomic E-state index is 12.0. The molecule has 4 nitrogen and oxygen atoms in total. The van der Waals surface area contributed by atoms with E-state index in [1.807, 2.05) is 55.7 Å². The van der Waals surface area contributed by atoms with E-state index in [0.717, 1.165) is 27.8 Å². The molecule has 0 aliphatic heterocycles. The molecule has 126 valence electrons. The maximum atomic E-state index is 12.0. The van der Waals surface area contributed by atoms with E-state index < -0.39 is 0 Å². The van der Waals surface area contributed by atoms with E-state index in [4.69, 9.17) is 4.74 Å². The number of carbonyl (C=O) groups is 1. The number of amides is 1. The number of methoxy groups -OCH3 is 1. The van der Waals surface area contributed by atoms with Crippen LogP contribution >= 0.6 is 0 Å². The van der Waals surface area contributed by atoms with Crippen LogP contribution in [0.2, 0.25) is 0 Å². The highest BCUT2D eigenvalue weighted by molar-refractivity contribution is 5.92. The summed E-state index contributed by atoms with van der Waals surface area (Å²) in [6.07, 6.45) is 5.41. The molecule has 25 heavy (non-hydrogen) atoms. The van der Waals surface area contributed by atoms with Crippen molar-refractivity contribution in [1.82, 2.24) is 5.32 Å². The Kier molecular flexibility index (Phi) is 5.09. The highest BCUT2D eigenvalue weighted by Crippen LogP contribution is 2.13. The summed E-state index contributed by atoms with van der Waals surface area (Å²) in [6.45, 7) is 0.487. The van der Waals surface area contributed by atoms with Gasteiger partial charge in [0.15, 0.2) is 6.20 Å². The number of nitrogens with zero attached hydrogens (tertiary/aromatic N) is 1. The number of aryl methyl sites for hydroxylation is 1. The van der Waals surface area contributed by atoms with Gasteiger partial charge < -0.3 is 10.1 Å². The second-order valence-corrected chi connectivity index (χ2v) is 5.84. The third-order valence-corrected chi connectivity index (χ3v) is 4.07. The minimum absolute atomic E-state index is 0.116. The number of rotatable bonds is 5. The third kappa shape index (κ3) is 4.23. The molecule has 1 N–H and O–H groups in total. The summed E-state index contributed by atoms with van der Waals surface area (Å²) in [4.78, 5) is 12.0. The monoisotopic (exact) mass is 333 g/mol. The molecule has 3 rings (SSSR count). The van der Waals surface area contributed by atoms with Gasteiger partial charge in [-0.25, -0.2) is 4.57 Å². The topological polar surface area (TPSA) is 42.2 Å². The zero-order valence-electron chi connectivity index (χ0n) is 14.4.